The topological polar surface area (TPSA) is 40.5 Å². The van der Waals surface area contributed by atoms with Gasteiger partial charge in [-0.05, 0) is 56.2 Å². The fraction of sp³-hybridized carbons (Fsp3) is 0.923. The molecule has 4 heteroatoms. The van der Waals surface area contributed by atoms with Gasteiger partial charge in [0.05, 0.1) is 5.41 Å². The van der Waals surface area contributed by atoms with Crippen molar-refractivity contribution in [2.24, 2.45) is 11.3 Å². The number of piperidine rings is 1. The van der Waals surface area contributed by atoms with Crippen molar-refractivity contribution in [1.82, 2.24) is 4.90 Å². The van der Waals surface area contributed by atoms with Crippen LogP contribution in [0.1, 0.15) is 32.6 Å². The molecule has 0 bridgehead atoms. The zero-order valence-corrected chi connectivity index (χ0v) is 11.5. The number of rotatable bonds is 4. The zero-order chi connectivity index (χ0) is 12.3. The average molecular weight is 257 g/mol. The van der Waals surface area contributed by atoms with Gasteiger partial charge in [-0.25, -0.2) is 0 Å². The molecule has 0 spiro atoms. The molecule has 2 aliphatic rings. The Morgan fingerprint density at radius 3 is 2.65 bits per heavy atom. The van der Waals surface area contributed by atoms with E-state index in [1.807, 2.05) is 6.92 Å². The Kier molecular flexibility index (Phi) is 4.36. The van der Waals surface area contributed by atoms with E-state index < -0.39 is 11.4 Å². The predicted molar refractivity (Wildman–Crippen MR) is 71.5 cm³/mol. The Hall–Kier alpha value is -0.220. The summed E-state index contributed by atoms with van der Waals surface area (Å²) in [5, 5.41) is 9.34. The molecule has 2 fully saturated rings. The molecule has 2 heterocycles. The molecule has 98 valence electrons. The third kappa shape index (κ3) is 2.97. The minimum atomic E-state index is -0.587. The number of carboxylic acid groups (broad SMARTS) is 1. The van der Waals surface area contributed by atoms with Gasteiger partial charge in [-0.2, -0.15) is 11.8 Å². The van der Waals surface area contributed by atoms with Crippen LogP contribution < -0.4 is 0 Å². The van der Waals surface area contributed by atoms with Crippen molar-refractivity contribution in [3.05, 3.63) is 0 Å². The largest absolute Gasteiger partial charge is 0.481 e. The van der Waals surface area contributed by atoms with Crippen LogP contribution >= 0.6 is 11.8 Å². The highest BCUT2D eigenvalue weighted by Gasteiger charge is 2.40. The Morgan fingerprint density at radius 2 is 2.18 bits per heavy atom. The van der Waals surface area contributed by atoms with Crippen molar-refractivity contribution in [2.45, 2.75) is 32.6 Å². The van der Waals surface area contributed by atoms with Crippen molar-refractivity contribution < 1.29 is 9.90 Å². The van der Waals surface area contributed by atoms with Gasteiger partial charge in [0, 0.05) is 6.54 Å². The molecule has 17 heavy (non-hydrogen) atoms. The summed E-state index contributed by atoms with van der Waals surface area (Å²) in [6.07, 6.45) is 3.78. The first-order valence-corrected chi connectivity index (χ1v) is 7.85. The molecule has 0 aromatic carbocycles. The van der Waals surface area contributed by atoms with Gasteiger partial charge in [-0.1, -0.05) is 6.92 Å². The molecular formula is C13H23NO2S. The Balaban J connectivity index is 1.82. The number of hydrogen-bond donors (Lipinski definition) is 1. The van der Waals surface area contributed by atoms with E-state index >= 15 is 0 Å². The lowest BCUT2D eigenvalue weighted by molar-refractivity contribution is -0.152. The summed E-state index contributed by atoms with van der Waals surface area (Å²) in [5.41, 5.74) is -0.430. The lowest BCUT2D eigenvalue weighted by atomic mass is 9.76. The summed E-state index contributed by atoms with van der Waals surface area (Å²) in [6.45, 7) is 5.15. The monoisotopic (exact) mass is 257 g/mol. The fourth-order valence-electron chi connectivity index (χ4n) is 2.97. The second-order valence-corrected chi connectivity index (χ2v) is 6.62. The van der Waals surface area contributed by atoms with Crippen molar-refractivity contribution in [3.8, 4) is 0 Å². The van der Waals surface area contributed by atoms with Crippen molar-refractivity contribution in [3.63, 3.8) is 0 Å². The summed E-state index contributed by atoms with van der Waals surface area (Å²) in [7, 11) is 0. The van der Waals surface area contributed by atoms with E-state index in [4.69, 9.17) is 0 Å². The lowest BCUT2D eigenvalue weighted by Gasteiger charge is -2.39. The van der Waals surface area contributed by atoms with Crippen molar-refractivity contribution in [2.75, 3.05) is 31.1 Å². The van der Waals surface area contributed by atoms with Crippen LogP contribution in [0.3, 0.4) is 0 Å². The third-order valence-corrected chi connectivity index (χ3v) is 5.72. The van der Waals surface area contributed by atoms with Gasteiger partial charge >= 0.3 is 5.97 Å². The van der Waals surface area contributed by atoms with Gasteiger partial charge in [0.2, 0.25) is 0 Å². The standard InChI is InChI=1S/C13H23NO2S/c1-2-13(12(15)16)4-6-14(7-5-13)9-11-3-8-17-10-11/h11H,2-10H2,1H3,(H,15,16). The smallest absolute Gasteiger partial charge is 0.309 e. The van der Waals surface area contributed by atoms with Gasteiger partial charge < -0.3 is 10.0 Å². The Labute approximate surface area is 108 Å². The van der Waals surface area contributed by atoms with Crippen molar-refractivity contribution in [1.29, 1.82) is 0 Å². The summed E-state index contributed by atoms with van der Waals surface area (Å²) in [5.74, 6) is 2.87. The molecule has 1 unspecified atom stereocenters. The Bertz CT molecular complexity index is 269. The number of likely N-dealkylation sites (tertiary alicyclic amines) is 1. The number of nitrogens with zero attached hydrogens (tertiary/aromatic N) is 1. The molecule has 1 atom stereocenters. The first-order valence-electron chi connectivity index (χ1n) is 6.70. The van der Waals surface area contributed by atoms with Crippen LogP contribution in [0.2, 0.25) is 0 Å². The maximum Gasteiger partial charge on any atom is 0.309 e. The summed E-state index contributed by atoms with van der Waals surface area (Å²) in [6, 6.07) is 0. The third-order valence-electron chi connectivity index (χ3n) is 4.48. The van der Waals surface area contributed by atoms with Crippen molar-refractivity contribution >= 4 is 17.7 Å². The zero-order valence-electron chi connectivity index (χ0n) is 10.7. The molecule has 2 aliphatic heterocycles. The van der Waals surface area contributed by atoms with Crippen LogP contribution in [0.25, 0.3) is 0 Å². The minimum Gasteiger partial charge on any atom is -0.481 e. The molecule has 2 saturated heterocycles. The quantitative estimate of drug-likeness (QED) is 0.839. The highest BCUT2D eigenvalue weighted by Crippen LogP contribution is 2.36. The van der Waals surface area contributed by atoms with E-state index in [-0.39, 0.29) is 0 Å². The van der Waals surface area contributed by atoms with Gasteiger partial charge in [0.1, 0.15) is 0 Å². The van der Waals surface area contributed by atoms with E-state index in [0.29, 0.717) is 0 Å². The SMILES string of the molecule is CCC1(C(=O)O)CCN(CC2CCSC2)CC1. The molecule has 2 rings (SSSR count). The number of carbonyl (C=O) groups is 1. The molecule has 0 saturated carbocycles. The van der Waals surface area contributed by atoms with Crippen LogP contribution in [0, 0.1) is 11.3 Å². The maximum absolute atomic E-state index is 11.3. The fourth-order valence-corrected chi connectivity index (χ4v) is 4.25. The second-order valence-electron chi connectivity index (χ2n) is 5.47. The van der Waals surface area contributed by atoms with E-state index in [2.05, 4.69) is 16.7 Å². The molecule has 0 radical (unpaired) electrons. The molecule has 0 aromatic rings. The molecule has 3 nitrogen and oxygen atoms in total. The minimum absolute atomic E-state index is 0.430. The Morgan fingerprint density at radius 1 is 1.47 bits per heavy atom. The van der Waals surface area contributed by atoms with Crippen LogP contribution in [-0.4, -0.2) is 47.1 Å². The highest BCUT2D eigenvalue weighted by atomic mass is 32.2. The molecule has 1 N–H and O–H groups in total. The van der Waals surface area contributed by atoms with Gasteiger partial charge in [0.25, 0.3) is 0 Å². The van der Waals surface area contributed by atoms with E-state index in [1.165, 1.54) is 24.5 Å². The summed E-state index contributed by atoms with van der Waals surface area (Å²) in [4.78, 5) is 13.8. The lowest BCUT2D eigenvalue weighted by Crippen LogP contribution is -2.45. The maximum atomic E-state index is 11.3. The van der Waals surface area contributed by atoms with Crippen LogP contribution in [0.5, 0.6) is 0 Å². The number of hydrogen-bond acceptors (Lipinski definition) is 3. The number of carboxylic acids is 1. The van der Waals surface area contributed by atoms with E-state index in [0.717, 1.165) is 38.3 Å². The van der Waals surface area contributed by atoms with Crippen LogP contribution in [-0.2, 0) is 4.79 Å². The predicted octanol–water partition coefficient (Wildman–Crippen LogP) is 2.32. The number of aliphatic carboxylic acids is 1. The summed E-state index contributed by atoms with van der Waals surface area (Å²) >= 11 is 2.06. The summed E-state index contributed by atoms with van der Waals surface area (Å²) < 4.78 is 0. The van der Waals surface area contributed by atoms with E-state index in [9.17, 15) is 9.90 Å². The first kappa shape index (κ1) is 13.2. The molecule has 0 amide bonds. The average Bonchev–Trinajstić information content (AvgIpc) is 2.83. The van der Waals surface area contributed by atoms with Crippen LogP contribution in [0.4, 0.5) is 0 Å². The molecule has 0 aliphatic carbocycles. The molecular weight excluding hydrogens is 234 g/mol. The van der Waals surface area contributed by atoms with Gasteiger partial charge in [-0.3, -0.25) is 4.79 Å². The van der Waals surface area contributed by atoms with Crippen LogP contribution in [0.15, 0.2) is 0 Å². The number of thioether (sulfide) groups is 1. The first-order chi connectivity index (χ1) is 8.16. The van der Waals surface area contributed by atoms with E-state index in [1.54, 1.807) is 0 Å². The van der Waals surface area contributed by atoms with Gasteiger partial charge in [-0.15, -0.1) is 0 Å². The normalized spacial score (nSPS) is 29.4. The second kappa shape index (κ2) is 5.61. The molecule has 0 aromatic heterocycles. The highest BCUT2D eigenvalue weighted by molar-refractivity contribution is 7.99. The van der Waals surface area contributed by atoms with Gasteiger partial charge in [0.15, 0.2) is 0 Å².